The van der Waals surface area contributed by atoms with E-state index in [1.807, 2.05) is 36.4 Å². The molecule has 0 saturated heterocycles. The molecule has 0 fully saturated rings. The van der Waals surface area contributed by atoms with Gasteiger partial charge in [0.25, 0.3) is 0 Å². The van der Waals surface area contributed by atoms with E-state index in [9.17, 15) is 0 Å². The Hall–Kier alpha value is -1.13. The minimum absolute atomic E-state index is 0.921. The van der Waals surface area contributed by atoms with Crippen molar-refractivity contribution in [3.05, 3.63) is 71.8 Å². The van der Waals surface area contributed by atoms with Crippen LogP contribution in [0, 0.1) is 0 Å². The fraction of sp³-hybridized carbons (Fsp3) is 0. The summed E-state index contributed by atoms with van der Waals surface area (Å²) in [4.78, 5) is 0. The molecule has 0 unspecified atom stereocenters. The first-order chi connectivity index (χ1) is 8.86. The average Bonchev–Trinajstić information content (AvgIpc) is 2.46. The zero-order chi connectivity index (χ0) is 12.8. The van der Waals surface area contributed by atoms with Crippen LogP contribution in [-0.2, 0) is 0 Å². The fourth-order valence-electron chi connectivity index (χ4n) is 1.70. The topological polar surface area (TPSA) is 24.7 Å². The monoisotopic (exact) mass is 354 g/mol. The molecule has 0 saturated carbocycles. The zero-order valence-electron chi connectivity index (χ0n) is 9.67. The molecule has 0 aliphatic carbocycles. The van der Waals surface area contributed by atoms with Crippen molar-refractivity contribution in [3.8, 4) is 0 Å². The molecule has 0 bridgehead atoms. The van der Waals surface area contributed by atoms with E-state index in [1.165, 1.54) is 0 Å². The van der Waals surface area contributed by atoms with E-state index in [0.717, 1.165) is 22.5 Å². The molecule has 18 heavy (non-hydrogen) atoms. The molecule has 4 radical (unpaired) electrons. The molecule has 0 amide bonds. The zero-order valence-corrected chi connectivity index (χ0v) is 13.9. The Morgan fingerprint density at radius 2 is 0.944 bits per heavy atom. The van der Waals surface area contributed by atoms with Crippen molar-refractivity contribution in [1.29, 1.82) is 0 Å². The van der Waals surface area contributed by atoms with E-state index < -0.39 is 0 Å². The summed E-state index contributed by atoms with van der Waals surface area (Å²) in [6, 6.07) is 20.3. The molecule has 0 atom stereocenters. The Morgan fingerprint density at radius 1 is 0.611 bits per heavy atom. The van der Waals surface area contributed by atoms with Gasteiger partial charge in [-0.05, 0) is 0 Å². The van der Waals surface area contributed by atoms with Gasteiger partial charge >= 0.3 is 124 Å². The van der Waals surface area contributed by atoms with Crippen LogP contribution in [0.25, 0.3) is 11.4 Å². The Morgan fingerprint density at radius 3 is 1.22 bits per heavy atom. The van der Waals surface area contributed by atoms with Gasteiger partial charge in [0.2, 0.25) is 0 Å². The molecule has 0 N–H and O–H groups in total. The average molecular weight is 351 g/mol. The van der Waals surface area contributed by atoms with Crippen LogP contribution in [0.2, 0.25) is 0 Å². The summed E-state index contributed by atoms with van der Waals surface area (Å²) >= 11 is 3.60. The fourth-order valence-corrected chi connectivity index (χ4v) is 2.69. The summed E-state index contributed by atoms with van der Waals surface area (Å²) in [7, 11) is 0. The maximum absolute atomic E-state index is 4.39. The third-order valence-corrected chi connectivity index (χ3v) is 3.48. The van der Waals surface area contributed by atoms with Gasteiger partial charge in [0.15, 0.2) is 0 Å². The molecule has 0 spiro atoms. The first kappa shape index (κ1) is 13.3. The number of nitrogens with zero attached hydrogens (tertiary/aromatic N) is 2. The summed E-state index contributed by atoms with van der Waals surface area (Å²) in [5.41, 5.74) is 4.02. The SMILES string of the molecule is [Ge]=[N]/C(=C(\[N]=[Ge])c1ccccc1)c1ccccc1. The van der Waals surface area contributed by atoms with Crippen LogP contribution in [-0.4, -0.2) is 32.6 Å². The summed E-state index contributed by atoms with van der Waals surface area (Å²) in [6.45, 7) is 0. The van der Waals surface area contributed by atoms with Crippen molar-refractivity contribution in [2.75, 3.05) is 0 Å². The number of rotatable bonds is 4. The Kier molecular flexibility index (Phi) is 4.96. The molecule has 2 rings (SSSR count). The van der Waals surface area contributed by atoms with Crippen LogP contribution in [0.1, 0.15) is 11.1 Å². The first-order valence-corrected chi connectivity index (χ1v) is 7.34. The van der Waals surface area contributed by atoms with Gasteiger partial charge in [0, 0.05) is 0 Å². The third-order valence-electron chi connectivity index (χ3n) is 2.54. The van der Waals surface area contributed by atoms with E-state index in [2.05, 4.69) is 32.1 Å². The maximum atomic E-state index is 4.39. The molecule has 0 heterocycles. The second-order valence-corrected chi connectivity index (χ2v) is 4.59. The van der Waals surface area contributed by atoms with Gasteiger partial charge in [-0.1, -0.05) is 0 Å². The van der Waals surface area contributed by atoms with Gasteiger partial charge in [-0.2, -0.15) is 0 Å². The van der Waals surface area contributed by atoms with Crippen LogP contribution >= 0.6 is 0 Å². The quantitative estimate of drug-likeness (QED) is 0.597. The summed E-state index contributed by atoms with van der Waals surface area (Å²) < 4.78 is 8.78. The van der Waals surface area contributed by atoms with Gasteiger partial charge in [-0.3, -0.25) is 0 Å². The molecular formula is C14H10Ge2N2. The van der Waals surface area contributed by atoms with Gasteiger partial charge < -0.3 is 0 Å². The van der Waals surface area contributed by atoms with E-state index >= 15 is 0 Å². The van der Waals surface area contributed by atoms with Gasteiger partial charge in [-0.25, -0.2) is 0 Å². The van der Waals surface area contributed by atoms with Gasteiger partial charge in [-0.15, -0.1) is 0 Å². The Labute approximate surface area is 123 Å². The Bertz CT molecular complexity index is 524. The minimum atomic E-state index is 0.921. The summed E-state index contributed by atoms with van der Waals surface area (Å²) in [6.07, 6.45) is 0. The van der Waals surface area contributed by atoms with Crippen LogP contribution < -0.4 is 0 Å². The van der Waals surface area contributed by atoms with Crippen molar-refractivity contribution in [1.82, 2.24) is 0 Å². The first-order valence-electron chi connectivity index (χ1n) is 5.47. The third kappa shape index (κ3) is 3.00. The predicted molar refractivity (Wildman–Crippen MR) is 76.1 cm³/mol. The van der Waals surface area contributed by atoms with E-state index in [-0.39, 0.29) is 0 Å². The Balaban J connectivity index is 2.61. The molecule has 2 nitrogen and oxygen atoms in total. The number of hydrogen-bond acceptors (Lipinski definition) is 2. The van der Waals surface area contributed by atoms with Crippen molar-refractivity contribution < 1.29 is 0 Å². The van der Waals surface area contributed by atoms with Crippen LogP contribution in [0.15, 0.2) is 68.5 Å². The molecule has 0 aliphatic rings. The van der Waals surface area contributed by atoms with Crippen molar-refractivity contribution in [2.24, 2.45) is 7.80 Å². The van der Waals surface area contributed by atoms with Crippen LogP contribution in [0.4, 0.5) is 0 Å². The molecule has 0 aliphatic heterocycles. The number of hydrogen-bond donors (Lipinski definition) is 0. The van der Waals surface area contributed by atoms with Crippen molar-refractivity contribution in [3.63, 3.8) is 0 Å². The molecule has 84 valence electrons. The molecule has 0 aromatic heterocycles. The molecule has 2 aromatic carbocycles. The van der Waals surface area contributed by atoms with Crippen LogP contribution in [0.5, 0.6) is 0 Å². The second-order valence-electron chi connectivity index (χ2n) is 3.65. The van der Waals surface area contributed by atoms with Crippen molar-refractivity contribution >= 4 is 44.0 Å². The van der Waals surface area contributed by atoms with E-state index in [4.69, 9.17) is 0 Å². The molecule has 4 heteroatoms. The van der Waals surface area contributed by atoms with Gasteiger partial charge in [0.1, 0.15) is 0 Å². The standard InChI is InChI=1S/C14H10Ge2N2/c15-17-13(11-7-3-1-4-8-11)14(18-16)12-9-5-2-6-10-12/h1-10H/b14-13-. The summed E-state index contributed by atoms with van der Waals surface area (Å²) in [5, 5.41) is 0. The van der Waals surface area contributed by atoms with Crippen LogP contribution in [0.3, 0.4) is 0 Å². The van der Waals surface area contributed by atoms with E-state index in [1.54, 1.807) is 32.6 Å². The normalized spacial score (nSPS) is 11.6. The number of benzene rings is 2. The second kappa shape index (κ2) is 6.71. The summed E-state index contributed by atoms with van der Waals surface area (Å²) in [5.74, 6) is 0. The van der Waals surface area contributed by atoms with Gasteiger partial charge in [0.05, 0.1) is 0 Å². The van der Waals surface area contributed by atoms with E-state index in [0.29, 0.717) is 0 Å². The van der Waals surface area contributed by atoms with Crippen molar-refractivity contribution in [2.45, 2.75) is 0 Å². The predicted octanol–water partition coefficient (Wildman–Crippen LogP) is 3.22. The molecular weight excluding hydrogens is 341 g/mol. The molecule has 2 aromatic rings.